The van der Waals surface area contributed by atoms with Crippen LogP contribution in [0.2, 0.25) is 0 Å². The van der Waals surface area contributed by atoms with Gasteiger partial charge in [0.1, 0.15) is 6.61 Å². The average molecular weight is 250 g/mol. The Kier molecular flexibility index (Phi) is 4.55. The number of nitrogens with zero attached hydrogens (tertiary/aromatic N) is 1. The van der Waals surface area contributed by atoms with Crippen LogP contribution in [0.1, 0.15) is 12.5 Å². The molecule has 1 aliphatic heterocycles. The first kappa shape index (κ1) is 12.9. The topological polar surface area (TPSA) is 50.8 Å². The monoisotopic (exact) mass is 250 g/mol. The zero-order valence-electron chi connectivity index (χ0n) is 10.5. The molecule has 1 heterocycles. The first-order valence-corrected chi connectivity index (χ1v) is 6.11. The molecule has 0 radical (unpaired) electrons. The van der Waals surface area contributed by atoms with E-state index in [0.29, 0.717) is 13.1 Å². The number of carbonyl (C=O) groups excluding carboxylic acids is 1. The van der Waals surface area contributed by atoms with Crippen molar-refractivity contribution >= 4 is 6.09 Å². The SMILES string of the molecule is C[C@H]1CNCCN(C(=O)OCc2ccccc2)O1. The van der Waals surface area contributed by atoms with Crippen LogP contribution < -0.4 is 5.32 Å². The lowest BCUT2D eigenvalue weighted by Crippen LogP contribution is -2.35. The van der Waals surface area contributed by atoms with E-state index in [1.54, 1.807) is 0 Å². The van der Waals surface area contributed by atoms with Gasteiger partial charge in [-0.2, -0.15) is 5.06 Å². The number of hydroxylamine groups is 2. The molecule has 18 heavy (non-hydrogen) atoms. The predicted molar refractivity (Wildman–Crippen MR) is 66.7 cm³/mol. The number of benzene rings is 1. The Hall–Kier alpha value is -1.59. The zero-order chi connectivity index (χ0) is 12.8. The summed E-state index contributed by atoms with van der Waals surface area (Å²) in [7, 11) is 0. The van der Waals surface area contributed by atoms with E-state index in [4.69, 9.17) is 9.57 Å². The summed E-state index contributed by atoms with van der Waals surface area (Å²) in [6, 6.07) is 9.59. The summed E-state index contributed by atoms with van der Waals surface area (Å²) in [5.41, 5.74) is 0.965. The first-order chi connectivity index (χ1) is 8.75. The van der Waals surface area contributed by atoms with Gasteiger partial charge in [-0.05, 0) is 12.5 Å². The molecule has 5 nitrogen and oxygen atoms in total. The molecule has 1 amide bonds. The maximum atomic E-state index is 11.8. The minimum atomic E-state index is -0.436. The van der Waals surface area contributed by atoms with Gasteiger partial charge < -0.3 is 10.1 Å². The van der Waals surface area contributed by atoms with Gasteiger partial charge >= 0.3 is 6.09 Å². The average Bonchev–Trinajstić information content (AvgIpc) is 2.62. The highest BCUT2D eigenvalue weighted by Gasteiger charge is 2.21. The summed E-state index contributed by atoms with van der Waals surface area (Å²) >= 11 is 0. The molecule has 0 unspecified atom stereocenters. The molecule has 1 atom stereocenters. The van der Waals surface area contributed by atoms with Crippen molar-refractivity contribution in [2.45, 2.75) is 19.6 Å². The van der Waals surface area contributed by atoms with Gasteiger partial charge in [-0.1, -0.05) is 30.3 Å². The molecule has 2 rings (SSSR count). The van der Waals surface area contributed by atoms with Crippen LogP contribution in [-0.2, 0) is 16.2 Å². The van der Waals surface area contributed by atoms with E-state index >= 15 is 0 Å². The number of hydrogen-bond donors (Lipinski definition) is 1. The van der Waals surface area contributed by atoms with Crippen molar-refractivity contribution in [2.75, 3.05) is 19.6 Å². The highest BCUT2D eigenvalue weighted by molar-refractivity contribution is 5.66. The summed E-state index contributed by atoms with van der Waals surface area (Å²) in [5.74, 6) is 0. The normalized spacial score (nSPS) is 20.3. The Balaban J connectivity index is 1.83. The molecule has 5 heteroatoms. The van der Waals surface area contributed by atoms with Crippen molar-refractivity contribution in [1.82, 2.24) is 10.4 Å². The zero-order valence-corrected chi connectivity index (χ0v) is 10.5. The van der Waals surface area contributed by atoms with E-state index in [9.17, 15) is 4.79 Å². The molecule has 1 N–H and O–H groups in total. The highest BCUT2D eigenvalue weighted by Crippen LogP contribution is 2.06. The molecular weight excluding hydrogens is 232 g/mol. The standard InChI is InChI=1S/C13H18N2O3/c1-11-9-14-7-8-15(18-11)13(16)17-10-12-5-3-2-4-6-12/h2-6,11,14H,7-10H2,1H3/t11-/m0/s1. The van der Waals surface area contributed by atoms with Gasteiger partial charge in [0, 0.05) is 13.1 Å². The summed E-state index contributed by atoms with van der Waals surface area (Å²) in [5, 5.41) is 4.47. The maximum Gasteiger partial charge on any atom is 0.434 e. The lowest BCUT2D eigenvalue weighted by molar-refractivity contribution is -0.158. The number of amides is 1. The third kappa shape index (κ3) is 3.72. The molecule has 1 aliphatic rings. The van der Waals surface area contributed by atoms with E-state index in [-0.39, 0.29) is 12.7 Å². The minimum absolute atomic E-state index is 0.0308. The predicted octanol–water partition coefficient (Wildman–Crippen LogP) is 1.55. The van der Waals surface area contributed by atoms with Crippen molar-refractivity contribution in [3.8, 4) is 0 Å². The summed E-state index contributed by atoms with van der Waals surface area (Å²) < 4.78 is 5.21. The Labute approximate surface area is 107 Å². The van der Waals surface area contributed by atoms with E-state index in [1.807, 2.05) is 37.3 Å². The van der Waals surface area contributed by atoms with Crippen LogP contribution in [0.3, 0.4) is 0 Å². The van der Waals surface area contributed by atoms with Gasteiger partial charge in [-0.3, -0.25) is 4.84 Å². The second-order valence-electron chi connectivity index (χ2n) is 4.26. The van der Waals surface area contributed by atoms with E-state index in [0.717, 1.165) is 12.1 Å². The van der Waals surface area contributed by atoms with Gasteiger partial charge in [-0.25, -0.2) is 4.79 Å². The number of ether oxygens (including phenoxy) is 1. The number of carbonyl (C=O) groups is 1. The van der Waals surface area contributed by atoms with Crippen LogP contribution in [-0.4, -0.2) is 36.9 Å². The van der Waals surface area contributed by atoms with Gasteiger partial charge in [0.2, 0.25) is 0 Å². The van der Waals surface area contributed by atoms with Crippen LogP contribution in [0.5, 0.6) is 0 Å². The van der Waals surface area contributed by atoms with Gasteiger partial charge in [0.05, 0.1) is 12.6 Å². The molecule has 0 bridgehead atoms. The first-order valence-electron chi connectivity index (χ1n) is 6.11. The third-order valence-electron chi connectivity index (χ3n) is 2.64. The fraction of sp³-hybridized carbons (Fsp3) is 0.462. The van der Waals surface area contributed by atoms with Crippen LogP contribution in [0.25, 0.3) is 0 Å². The lowest BCUT2D eigenvalue weighted by Gasteiger charge is -2.21. The lowest BCUT2D eigenvalue weighted by atomic mass is 10.2. The maximum absolute atomic E-state index is 11.8. The number of hydrogen-bond acceptors (Lipinski definition) is 4. The molecule has 0 aliphatic carbocycles. The van der Waals surface area contributed by atoms with Crippen molar-refractivity contribution in [3.63, 3.8) is 0 Å². The van der Waals surface area contributed by atoms with Gasteiger partial charge in [0.15, 0.2) is 0 Å². The van der Waals surface area contributed by atoms with E-state index in [2.05, 4.69) is 5.32 Å². The van der Waals surface area contributed by atoms with Crippen molar-refractivity contribution in [3.05, 3.63) is 35.9 Å². The second-order valence-corrected chi connectivity index (χ2v) is 4.26. The molecule has 0 aromatic heterocycles. The van der Waals surface area contributed by atoms with E-state index < -0.39 is 6.09 Å². The number of rotatable bonds is 2. The van der Waals surface area contributed by atoms with Crippen LogP contribution in [0.15, 0.2) is 30.3 Å². The third-order valence-corrected chi connectivity index (χ3v) is 2.64. The minimum Gasteiger partial charge on any atom is -0.443 e. The van der Waals surface area contributed by atoms with Gasteiger partial charge in [0.25, 0.3) is 0 Å². The Morgan fingerprint density at radius 2 is 2.28 bits per heavy atom. The van der Waals surface area contributed by atoms with Crippen molar-refractivity contribution in [2.24, 2.45) is 0 Å². The number of nitrogens with one attached hydrogen (secondary N) is 1. The van der Waals surface area contributed by atoms with E-state index in [1.165, 1.54) is 5.06 Å². The Bertz CT molecular complexity index is 383. The summed E-state index contributed by atoms with van der Waals surface area (Å²) in [6.45, 7) is 4.13. The molecule has 1 aromatic rings. The molecular formula is C13H18N2O3. The fourth-order valence-electron chi connectivity index (χ4n) is 1.72. The smallest absolute Gasteiger partial charge is 0.434 e. The Morgan fingerprint density at radius 3 is 3.06 bits per heavy atom. The second kappa shape index (κ2) is 6.37. The highest BCUT2D eigenvalue weighted by atomic mass is 16.7. The fourth-order valence-corrected chi connectivity index (χ4v) is 1.72. The quantitative estimate of drug-likeness (QED) is 0.865. The van der Waals surface area contributed by atoms with Crippen molar-refractivity contribution < 1.29 is 14.4 Å². The largest absolute Gasteiger partial charge is 0.443 e. The molecule has 1 fully saturated rings. The van der Waals surface area contributed by atoms with Crippen LogP contribution >= 0.6 is 0 Å². The molecule has 98 valence electrons. The molecule has 0 saturated carbocycles. The van der Waals surface area contributed by atoms with Gasteiger partial charge in [-0.15, -0.1) is 0 Å². The Morgan fingerprint density at radius 1 is 1.50 bits per heavy atom. The summed E-state index contributed by atoms with van der Waals surface area (Å²) in [4.78, 5) is 17.3. The summed E-state index contributed by atoms with van der Waals surface area (Å²) in [6.07, 6.45) is -0.467. The molecule has 1 saturated heterocycles. The van der Waals surface area contributed by atoms with Crippen LogP contribution in [0, 0.1) is 0 Å². The molecule has 1 aromatic carbocycles. The van der Waals surface area contributed by atoms with Crippen LogP contribution in [0.4, 0.5) is 4.79 Å². The molecule has 0 spiro atoms. The van der Waals surface area contributed by atoms with Crippen molar-refractivity contribution in [1.29, 1.82) is 0 Å².